The molecule has 0 bridgehead atoms. The molecule has 7 nitrogen and oxygen atoms in total. The largest absolute Gasteiger partial charge is 0.481 e. The Bertz CT molecular complexity index is 492. The van der Waals surface area contributed by atoms with Gasteiger partial charge in [-0.15, -0.1) is 5.10 Å². The zero-order valence-corrected chi connectivity index (χ0v) is 11.5. The second kappa shape index (κ2) is 6.25. The Kier molecular flexibility index (Phi) is 4.65. The van der Waals surface area contributed by atoms with Crippen LogP contribution in [0.15, 0.2) is 9.95 Å². The van der Waals surface area contributed by atoms with Gasteiger partial charge in [-0.25, -0.2) is 9.89 Å². The Morgan fingerprint density at radius 2 is 2.32 bits per heavy atom. The van der Waals surface area contributed by atoms with Crippen molar-refractivity contribution in [1.82, 2.24) is 14.8 Å². The van der Waals surface area contributed by atoms with Crippen LogP contribution in [-0.4, -0.2) is 44.8 Å². The van der Waals surface area contributed by atoms with Gasteiger partial charge in [-0.3, -0.25) is 9.36 Å². The van der Waals surface area contributed by atoms with E-state index < -0.39 is 5.97 Å². The number of ether oxygens (including phenoxy) is 1. The maximum Gasteiger partial charge on any atom is 0.344 e. The molecule has 106 valence electrons. The molecule has 0 aromatic carbocycles. The van der Waals surface area contributed by atoms with Crippen LogP contribution in [0.2, 0.25) is 0 Å². The van der Waals surface area contributed by atoms with Crippen LogP contribution >= 0.6 is 11.8 Å². The second-order valence-corrected chi connectivity index (χ2v) is 5.50. The molecular formula is C11H17N3O4S. The Morgan fingerprint density at radius 3 is 2.95 bits per heavy atom. The quantitative estimate of drug-likeness (QED) is 0.775. The molecule has 1 aliphatic rings. The van der Waals surface area contributed by atoms with Crippen LogP contribution in [0, 0.1) is 5.92 Å². The first kappa shape index (κ1) is 14.1. The van der Waals surface area contributed by atoms with Gasteiger partial charge in [-0.1, -0.05) is 11.8 Å². The van der Waals surface area contributed by atoms with Crippen molar-refractivity contribution < 1.29 is 14.6 Å². The standard InChI is InChI=1S/C11H17N3O4S/c1-7(8-2-4-18-5-3-8)14-10(17)12-13-11(14)19-6-9(15)16/h7-8H,2-6H2,1H3,(H,12,17)(H,15,16). The Labute approximate surface area is 114 Å². The van der Waals surface area contributed by atoms with Crippen molar-refractivity contribution >= 4 is 17.7 Å². The van der Waals surface area contributed by atoms with Gasteiger partial charge in [0.2, 0.25) is 0 Å². The summed E-state index contributed by atoms with van der Waals surface area (Å²) in [4.78, 5) is 22.4. The van der Waals surface area contributed by atoms with Crippen LogP contribution in [0.1, 0.15) is 25.8 Å². The topological polar surface area (TPSA) is 97.2 Å². The van der Waals surface area contributed by atoms with Crippen molar-refractivity contribution in [1.29, 1.82) is 0 Å². The lowest BCUT2D eigenvalue weighted by Gasteiger charge is -2.28. The van der Waals surface area contributed by atoms with Crippen molar-refractivity contribution in [3.63, 3.8) is 0 Å². The number of hydrogen-bond acceptors (Lipinski definition) is 5. The Hall–Kier alpha value is -1.28. The van der Waals surface area contributed by atoms with Crippen LogP contribution in [0.3, 0.4) is 0 Å². The third-order valence-corrected chi connectivity index (χ3v) is 4.29. The Morgan fingerprint density at radius 1 is 1.63 bits per heavy atom. The zero-order chi connectivity index (χ0) is 13.8. The molecule has 0 aliphatic carbocycles. The Balaban J connectivity index is 2.15. The lowest BCUT2D eigenvalue weighted by molar-refractivity contribution is -0.133. The van der Waals surface area contributed by atoms with E-state index in [1.165, 1.54) is 0 Å². The summed E-state index contributed by atoms with van der Waals surface area (Å²) in [6, 6.07) is -0.00792. The van der Waals surface area contributed by atoms with Crippen LogP contribution in [0.5, 0.6) is 0 Å². The van der Waals surface area contributed by atoms with Crippen molar-refractivity contribution in [2.75, 3.05) is 19.0 Å². The van der Waals surface area contributed by atoms with Gasteiger partial charge < -0.3 is 9.84 Å². The summed E-state index contributed by atoms with van der Waals surface area (Å²) in [5.41, 5.74) is -0.285. The molecule has 1 atom stereocenters. The summed E-state index contributed by atoms with van der Waals surface area (Å²) in [6.07, 6.45) is 1.81. The maximum atomic E-state index is 11.8. The van der Waals surface area contributed by atoms with Crippen molar-refractivity contribution in [2.45, 2.75) is 31.0 Å². The number of nitrogens with zero attached hydrogens (tertiary/aromatic N) is 2. The van der Waals surface area contributed by atoms with E-state index in [1.807, 2.05) is 6.92 Å². The van der Waals surface area contributed by atoms with Gasteiger partial charge in [0, 0.05) is 19.3 Å². The van der Waals surface area contributed by atoms with E-state index in [1.54, 1.807) is 4.57 Å². The highest BCUT2D eigenvalue weighted by molar-refractivity contribution is 7.99. The molecule has 1 unspecified atom stereocenters. The van der Waals surface area contributed by atoms with Crippen LogP contribution < -0.4 is 5.69 Å². The molecular weight excluding hydrogens is 270 g/mol. The molecule has 1 aromatic rings. The van der Waals surface area contributed by atoms with Gasteiger partial charge in [0.05, 0.1) is 5.75 Å². The van der Waals surface area contributed by atoms with Crippen molar-refractivity contribution in [3.8, 4) is 0 Å². The summed E-state index contributed by atoms with van der Waals surface area (Å²) >= 11 is 1.06. The van der Waals surface area contributed by atoms with Crippen LogP contribution in [-0.2, 0) is 9.53 Å². The van der Waals surface area contributed by atoms with E-state index in [9.17, 15) is 9.59 Å². The average Bonchev–Trinajstić information content (AvgIpc) is 2.78. The number of carboxylic acid groups (broad SMARTS) is 1. The summed E-state index contributed by atoms with van der Waals surface area (Å²) in [5, 5.41) is 15.4. The smallest absolute Gasteiger partial charge is 0.344 e. The monoisotopic (exact) mass is 287 g/mol. The summed E-state index contributed by atoms with van der Waals surface area (Å²) in [5.74, 6) is -0.677. The van der Waals surface area contributed by atoms with Crippen molar-refractivity contribution in [3.05, 3.63) is 10.5 Å². The number of thioether (sulfide) groups is 1. The normalized spacial score (nSPS) is 18.4. The molecule has 8 heteroatoms. The van der Waals surface area contributed by atoms with E-state index in [0.717, 1.165) is 24.6 Å². The molecule has 2 N–H and O–H groups in total. The average molecular weight is 287 g/mol. The molecule has 1 fully saturated rings. The van der Waals surface area contributed by atoms with Crippen LogP contribution in [0.4, 0.5) is 0 Å². The molecule has 0 saturated carbocycles. The fraction of sp³-hybridized carbons (Fsp3) is 0.727. The fourth-order valence-corrected chi connectivity index (χ4v) is 3.04. The number of hydrogen-bond donors (Lipinski definition) is 2. The summed E-state index contributed by atoms with van der Waals surface area (Å²) in [6.45, 7) is 3.39. The first-order chi connectivity index (χ1) is 9.09. The zero-order valence-electron chi connectivity index (χ0n) is 10.7. The highest BCUT2D eigenvalue weighted by Gasteiger charge is 2.25. The lowest BCUT2D eigenvalue weighted by atomic mass is 9.93. The van der Waals surface area contributed by atoms with Gasteiger partial charge in [0.15, 0.2) is 5.16 Å². The van der Waals surface area contributed by atoms with Gasteiger partial charge in [0.1, 0.15) is 0 Å². The number of aromatic amines is 1. The van der Waals surface area contributed by atoms with E-state index in [0.29, 0.717) is 24.3 Å². The van der Waals surface area contributed by atoms with Gasteiger partial charge >= 0.3 is 11.7 Å². The molecule has 1 saturated heterocycles. The SMILES string of the molecule is CC(C1CCOCC1)n1c(SCC(=O)O)n[nH]c1=O. The van der Waals surface area contributed by atoms with Gasteiger partial charge in [-0.2, -0.15) is 0 Å². The summed E-state index contributed by atoms with van der Waals surface area (Å²) < 4.78 is 6.87. The molecule has 1 aliphatic heterocycles. The number of nitrogens with one attached hydrogen (secondary N) is 1. The van der Waals surface area contributed by atoms with Crippen molar-refractivity contribution in [2.24, 2.45) is 5.92 Å². The third-order valence-electron chi connectivity index (χ3n) is 3.35. The third kappa shape index (κ3) is 3.38. The number of rotatable bonds is 5. The highest BCUT2D eigenvalue weighted by Crippen LogP contribution is 2.29. The predicted octanol–water partition coefficient (Wildman–Crippen LogP) is 0.736. The minimum absolute atomic E-state index is 0.00792. The summed E-state index contributed by atoms with van der Waals surface area (Å²) in [7, 11) is 0. The second-order valence-electron chi connectivity index (χ2n) is 4.55. The molecule has 0 radical (unpaired) electrons. The predicted molar refractivity (Wildman–Crippen MR) is 69.5 cm³/mol. The highest BCUT2D eigenvalue weighted by atomic mass is 32.2. The number of carbonyl (C=O) groups is 1. The fourth-order valence-electron chi connectivity index (χ4n) is 2.29. The van der Waals surface area contributed by atoms with E-state index in [2.05, 4.69) is 10.2 Å². The van der Waals surface area contributed by atoms with E-state index in [-0.39, 0.29) is 17.5 Å². The minimum Gasteiger partial charge on any atom is -0.481 e. The lowest BCUT2D eigenvalue weighted by Crippen LogP contribution is -2.30. The van der Waals surface area contributed by atoms with E-state index >= 15 is 0 Å². The van der Waals surface area contributed by atoms with E-state index in [4.69, 9.17) is 9.84 Å². The number of carboxylic acids is 1. The molecule has 0 spiro atoms. The molecule has 2 rings (SSSR count). The number of H-pyrrole nitrogens is 1. The molecule has 19 heavy (non-hydrogen) atoms. The molecule has 1 aromatic heterocycles. The first-order valence-corrected chi connectivity index (χ1v) is 7.17. The first-order valence-electron chi connectivity index (χ1n) is 6.19. The maximum absolute atomic E-state index is 11.8. The molecule has 0 amide bonds. The van der Waals surface area contributed by atoms with Gasteiger partial charge in [0.25, 0.3) is 0 Å². The molecule has 2 heterocycles. The minimum atomic E-state index is -0.925. The van der Waals surface area contributed by atoms with Gasteiger partial charge in [-0.05, 0) is 25.7 Å². The number of aliphatic carboxylic acids is 1. The number of aromatic nitrogens is 3. The van der Waals surface area contributed by atoms with Crippen LogP contribution in [0.25, 0.3) is 0 Å².